The Morgan fingerprint density at radius 3 is 2.20 bits per heavy atom. The molecule has 1 aliphatic rings. The van der Waals surface area contributed by atoms with Crippen LogP contribution in [0, 0.1) is 20.8 Å². The molecular formula is C16H26N2O2. The van der Waals surface area contributed by atoms with E-state index < -0.39 is 0 Å². The van der Waals surface area contributed by atoms with Gasteiger partial charge in [-0.3, -0.25) is 4.79 Å². The third kappa shape index (κ3) is 3.23. The number of rotatable bonds is 4. The summed E-state index contributed by atoms with van der Waals surface area (Å²) in [7, 11) is 0. The summed E-state index contributed by atoms with van der Waals surface area (Å²) in [4.78, 5) is 12.4. The van der Waals surface area contributed by atoms with E-state index in [9.17, 15) is 4.79 Å². The van der Waals surface area contributed by atoms with Gasteiger partial charge >= 0.3 is 0 Å². The van der Waals surface area contributed by atoms with Gasteiger partial charge in [-0.25, -0.2) is 0 Å². The molecule has 0 bridgehead atoms. The van der Waals surface area contributed by atoms with Crippen LogP contribution in [-0.4, -0.2) is 24.5 Å². The summed E-state index contributed by atoms with van der Waals surface area (Å²) in [6.45, 7) is 8.87. The van der Waals surface area contributed by atoms with Crippen LogP contribution in [0.25, 0.3) is 0 Å². The van der Waals surface area contributed by atoms with Crippen LogP contribution in [0.1, 0.15) is 60.0 Å². The van der Waals surface area contributed by atoms with E-state index in [1.807, 2.05) is 20.8 Å². The summed E-state index contributed by atoms with van der Waals surface area (Å²) in [6.07, 6.45) is 4.39. The second-order valence-electron chi connectivity index (χ2n) is 5.79. The van der Waals surface area contributed by atoms with Crippen molar-refractivity contribution in [2.24, 2.45) is 0 Å². The van der Waals surface area contributed by atoms with Crippen molar-refractivity contribution >= 4 is 5.91 Å². The molecule has 20 heavy (non-hydrogen) atoms. The lowest BCUT2D eigenvalue weighted by molar-refractivity contribution is 0.0922. The van der Waals surface area contributed by atoms with E-state index in [-0.39, 0.29) is 5.91 Å². The van der Waals surface area contributed by atoms with E-state index in [1.54, 1.807) is 0 Å². The minimum Gasteiger partial charge on any atom is -0.466 e. The third-order valence-corrected chi connectivity index (χ3v) is 4.34. The van der Waals surface area contributed by atoms with E-state index in [2.05, 4.69) is 17.6 Å². The van der Waals surface area contributed by atoms with E-state index in [1.165, 1.54) is 0 Å². The van der Waals surface area contributed by atoms with E-state index in [0.717, 1.165) is 54.9 Å². The van der Waals surface area contributed by atoms with Gasteiger partial charge in [0, 0.05) is 17.6 Å². The molecule has 0 aliphatic heterocycles. The molecule has 0 unspecified atom stereocenters. The molecule has 1 amide bonds. The number of carbonyl (C=O) groups is 1. The van der Waals surface area contributed by atoms with Crippen molar-refractivity contribution in [3.8, 4) is 0 Å². The van der Waals surface area contributed by atoms with Crippen molar-refractivity contribution in [1.29, 1.82) is 0 Å². The number of carbonyl (C=O) groups excluding carboxylic acids is 1. The van der Waals surface area contributed by atoms with E-state index in [0.29, 0.717) is 12.1 Å². The van der Waals surface area contributed by atoms with Gasteiger partial charge < -0.3 is 15.1 Å². The molecule has 0 spiro atoms. The minimum absolute atomic E-state index is 0.0174. The fraction of sp³-hybridized carbons (Fsp3) is 0.688. The Morgan fingerprint density at radius 2 is 1.70 bits per heavy atom. The van der Waals surface area contributed by atoms with Crippen molar-refractivity contribution in [2.75, 3.05) is 6.54 Å². The number of hydrogen-bond donors (Lipinski definition) is 2. The summed E-state index contributed by atoms with van der Waals surface area (Å²) < 4.78 is 5.53. The molecule has 4 nitrogen and oxygen atoms in total. The second-order valence-corrected chi connectivity index (χ2v) is 5.79. The van der Waals surface area contributed by atoms with Crippen molar-refractivity contribution in [3.05, 3.63) is 22.6 Å². The zero-order chi connectivity index (χ0) is 14.7. The Labute approximate surface area is 121 Å². The lowest BCUT2D eigenvalue weighted by Gasteiger charge is -2.29. The Morgan fingerprint density at radius 1 is 1.10 bits per heavy atom. The average molecular weight is 278 g/mol. The maximum absolute atomic E-state index is 12.4. The number of amides is 1. The first-order valence-electron chi connectivity index (χ1n) is 7.63. The van der Waals surface area contributed by atoms with Crippen LogP contribution in [0.2, 0.25) is 0 Å². The number of aryl methyl sites for hydroxylation is 2. The van der Waals surface area contributed by atoms with Crippen LogP contribution >= 0.6 is 0 Å². The molecule has 1 aliphatic carbocycles. The maximum Gasteiger partial charge on any atom is 0.255 e. The highest BCUT2D eigenvalue weighted by molar-refractivity contribution is 5.97. The minimum atomic E-state index is 0.0174. The third-order valence-electron chi connectivity index (χ3n) is 4.34. The first kappa shape index (κ1) is 15.1. The fourth-order valence-electron chi connectivity index (χ4n) is 3.12. The Balaban J connectivity index is 1.93. The lowest BCUT2D eigenvalue weighted by atomic mass is 9.91. The van der Waals surface area contributed by atoms with Crippen molar-refractivity contribution < 1.29 is 9.21 Å². The van der Waals surface area contributed by atoms with Gasteiger partial charge in [0.25, 0.3) is 5.91 Å². The molecule has 2 N–H and O–H groups in total. The highest BCUT2D eigenvalue weighted by Gasteiger charge is 2.24. The zero-order valence-electron chi connectivity index (χ0n) is 13.0. The predicted octanol–water partition coefficient (Wildman–Crippen LogP) is 2.86. The van der Waals surface area contributed by atoms with Crippen LogP contribution in [0.3, 0.4) is 0 Å². The van der Waals surface area contributed by atoms with Gasteiger partial charge in [0.2, 0.25) is 0 Å². The number of nitrogens with one attached hydrogen (secondary N) is 2. The largest absolute Gasteiger partial charge is 0.466 e. The van der Waals surface area contributed by atoms with Gasteiger partial charge in [0.05, 0.1) is 5.56 Å². The molecule has 2 rings (SSSR count). The summed E-state index contributed by atoms with van der Waals surface area (Å²) >= 11 is 0. The molecule has 1 heterocycles. The molecule has 1 fully saturated rings. The first-order valence-corrected chi connectivity index (χ1v) is 7.63. The zero-order valence-corrected chi connectivity index (χ0v) is 13.0. The van der Waals surface area contributed by atoms with Crippen LogP contribution in [0.5, 0.6) is 0 Å². The Kier molecular flexibility index (Phi) is 4.86. The van der Waals surface area contributed by atoms with Gasteiger partial charge in [0.1, 0.15) is 11.5 Å². The number of furan rings is 1. The molecule has 4 heteroatoms. The summed E-state index contributed by atoms with van der Waals surface area (Å²) in [5, 5.41) is 6.65. The maximum atomic E-state index is 12.4. The lowest BCUT2D eigenvalue weighted by Crippen LogP contribution is -2.42. The quantitative estimate of drug-likeness (QED) is 0.890. The van der Waals surface area contributed by atoms with Crippen molar-refractivity contribution in [3.63, 3.8) is 0 Å². The monoisotopic (exact) mass is 278 g/mol. The molecule has 1 aromatic heterocycles. The highest BCUT2D eigenvalue weighted by Crippen LogP contribution is 2.23. The van der Waals surface area contributed by atoms with Gasteiger partial charge in [-0.15, -0.1) is 0 Å². The van der Waals surface area contributed by atoms with Gasteiger partial charge in [-0.05, 0) is 53.0 Å². The topological polar surface area (TPSA) is 54.3 Å². The molecule has 112 valence electrons. The SMILES string of the molecule is CCNC1CCC(NC(=O)c2c(C)oc(C)c2C)CC1. The number of hydrogen-bond acceptors (Lipinski definition) is 3. The summed E-state index contributed by atoms with van der Waals surface area (Å²) in [6, 6.07) is 0.916. The predicted molar refractivity (Wildman–Crippen MR) is 80.1 cm³/mol. The van der Waals surface area contributed by atoms with E-state index in [4.69, 9.17) is 4.42 Å². The first-order chi connectivity index (χ1) is 9.52. The second kappa shape index (κ2) is 6.44. The summed E-state index contributed by atoms with van der Waals surface area (Å²) in [5.41, 5.74) is 1.68. The molecule has 0 radical (unpaired) electrons. The van der Waals surface area contributed by atoms with Crippen LogP contribution in [0.15, 0.2) is 4.42 Å². The van der Waals surface area contributed by atoms with Gasteiger partial charge in [-0.2, -0.15) is 0 Å². The van der Waals surface area contributed by atoms with Crippen LogP contribution < -0.4 is 10.6 Å². The van der Waals surface area contributed by atoms with Gasteiger partial charge in [0.15, 0.2) is 0 Å². The molecule has 0 saturated heterocycles. The Hall–Kier alpha value is -1.29. The fourth-order valence-corrected chi connectivity index (χ4v) is 3.12. The Bertz CT molecular complexity index is 471. The molecule has 0 aromatic carbocycles. The van der Waals surface area contributed by atoms with Crippen LogP contribution in [-0.2, 0) is 0 Å². The van der Waals surface area contributed by atoms with Crippen molar-refractivity contribution in [1.82, 2.24) is 10.6 Å². The average Bonchev–Trinajstić information content (AvgIpc) is 2.66. The normalized spacial score (nSPS) is 22.8. The highest BCUT2D eigenvalue weighted by atomic mass is 16.3. The smallest absolute Gasteiger partial charge is 0.255 e. The summed E-state index contributed by atoms with van der Waals surface area (Å²) in [5.74, 6) is 1.58. The van der Waals surface area contributed by atoms with E-state index >= 15 is 0 Å². The molecule has 1 aromatic rings. The molecule has 0 atom stereocenters. The molecular weight excluding hydrogens is 252 g/mol. The standard InChI is InChI=1S/C16H26N2O2/c1-5-17-13-6-8-14(9-7-13)18-16(19)15-10(2)11(3)20-12(15)4/h13-14,17H,5-9H2,1-4H3,(H,18,19). The van der Waals surface area contributed by atoms with Crippen LogP contribution in [0.4, 0.5) is 0 Å². The molecule has 1 saturated carbocycles. The van der Waals surface area contributed by atoms with Gasteiger partial charge in [-0.1, -0.05) is 6.92 Å². The van der Waals surface area contributed by atoms with Crippen molar-refractivity contribution in [2.45, 2.75) is 65.5 Å².